The van der Waals surface area contributed by atoms with Crippen LogP contribution >= 0.6 is 22.7 Å². The first-order chi connectivity index (χ1) is 16.5. The maximum atomic E-state index is 12.6. The highest BCUT2D eigenvalue weighted by molar-refractivity contribution is 7.23. The Labute approximate surface area is 202 Å². The molecule has 4 nitrogen and oxygen atoms in total. The van der Waals surface area contributed by atoms with E-state index >= 15 is 0 Å². The van der Waals surface area contributed by atoms with E-state index in [2.05, 4.69) is 0 Å². The van der Waals surface area contributed by atoms with Crippen molar-refractivity contribution < 1.29 is 19.2 Å². The van der Waals surface area contributed by atoms with Crippen LogP contribution in [0.1, 0.15) is 51.2 Å². The number of carbonyl (C=O) groups is 4. The molecule has 0 radical (unpaired) electrons. The minimum Gasteiger partial charge on any atom is -0.288 e. The summed E-state index contributed by atoms with van der Waals surface area (Å²) in [6.45, 7) is 0. The highest BCUT2D eigenvalue weighted by Crippen LogP contribution is 2.37. The molecule has 0 saturated heterocycles. The van der Waals surface area contributed by atoms with Gasteiger partial charge in [-0.25, -0.2) is 0 Å². The van der Waals surface area contributed by atoms with Gasteiger partial charge < -0.3 is 0 Å². The average Bonchev–Trinajstić information content (AvgIpc) is 3.62. The molecule has 2 aromatic carbocycles. The van der Waals surface area contributed by atoms with Crippen molar-refractivity contribution in [3.63, 3.8) is 0 Å². The molecule has 2 aliphatic carbocycles. The number of ketones is 4. The van der Waals surface area contributed by atoms with Crippen LogP contribution in [0.25, 0.3) is 21.9 Å². The average molecular weight is 479 g/mol. The monoisotopic (exact) mass is 478 g/mol. The lowest BCUT2D eigenvalue weighted by molar-refractivity contribution is 0.0975. The molecule has 0 bridgehead atoms. The topological polar surface area (TPSA) is 68.3 Å². The van der Waals surface area contributed by atoms with Gasteiger partial charge in [-0.3, -0.25) is 19.2 Å². The van der Waals surface area contributed by atoms with Crippen molar-refractivity contribution in [2.45, 2.75) is 0 Å². The maximum absolute atomic E-state index is 12.6. The summed E-state index contributed by atoms with van der Waals surface area (Å²) in [5.41, 5.74) is 2.16. The Balaban J connectivity index is 1.27. The van der Waals surface area contributed by atoms with Crippen LogP contribution in [0.2, 0.25) is 0 Å². The number of hydrogen-bond donors (Lipinski definition) is 0. The molecule has 0 fully saturated rings. The minimum atomic E-state index is -0.243. The van der Waals surface area contributed by atoms with Crippen LogP contribution in [0.15, 0.2) is 83.9 Å². The Morgan fingerprint density at radius 2 is 0.765 bits per heavy atom. The fraction of sp³-hybridized carbons (Fsp3) is 0. The van der Waals surface area contributed by atoms with Gasteiger partial charge in [0.25, 0.3) is 0 Å². The van der Waals surface area contributed by atoms with E-state index in [4.69, 9.17) is 0 Å². The fourth-order valence-corrected chi connectivity index (χ4v) is 6.21. The summed E-state index contributed by atoms with van der Waals surface area (Å²) < 4.78 is 0. The van der Waals surface area contributed by atoms with E-state index in [0.717, 1.165) is 19.5 Å². The molecule has 0 saturated carbocycles. The van der Waals surface area contributed by atoms with E-state index in [0.29, 0.717) is 22.3 Å². The lowest BCUT2D eigenvalue weighted by Crippen LogP contribution is -1.99. The van der Waals surface area contributed by atoms with E-state index in [1.165, 1.54) is 22.7 Å². The summed E-state index contributed by atoms with van der Waals surface area (Å²) in [6.07, 6.45) is 3.31. The van der Waals surface area contributed by atoms with Gasteiger partial charge in [0.1, 0.15) is 0 Å². The van der Waals surface area contributed by atoms with Crippen molar-refractivity contribution >= 4 is 58.0 Å². The normalized spacial score (nSPS) is 14.6. The number of Topliss-reactive ketones (excluding diaryl/α,β-unsaturated/α-hetero) is 4. The standard InChI is InChI=1S/C28H14O4S2/c29-25-17-5-1-2-6-18(17)26(30)21(25)13-15-9-11-23(33-15)24-12-10-16(34-24)14-22-27(31)19-7-3-4-8-20(19)28(22)32/h1-14H. The molecule has 0 atom stereocenters. The Kier molecular flexibility index (Phi) is 4.72. The molecule has 6 heteroatoms. The summed E-state index contributed by atoms with van der Waals surface area (Å²) >= 11 is 2.96. The maximum Gasteiger partial charge on any atom is 0.197 e. The van der Waals surface area contributed by atoms with E-state index in [1.54, 1.807) is 60.7 Å². The number of allylic oxidation sites excluding steroid dienone is 2. The summed E-state index contributed by atoms with van der Waals surface area (Å²) in [5, 5.41) is 0. The molecule has 2 heterocycles. The van der Waals surface area contributed by atoms with E-state index < -0.39 is 0 Å². The van der Waals surface area contributed by atoms with Crippen LogP contribution < -0.4 is 0 Å². The first kappa shape index (κ1) is 20.6. The number of hydrogen-bond acceptors (Lipinski definition) is 6. The second kappa shape index (κ2) is 7.80. The molecule has 0 amide bonds. The number of rotatable bonds is 3. The van der Waals surface area contributed by atoms with Crippen molar-refractivity contribution in [3.05, 3.63) is 116 Å². The number of fused-ring (bicyclic) bond motifs is 2. The van der Waals surface area contributed by atoms with E-state index in [-0.39, 0.29) is 34.3 Å². The molecular weight excluding hydrogens is 464 g/mol. The number of carbonyl (C=O) groups excluding carboxylic acids is 4. The highest BCUT2D eigenvalue weighted by Gasteiger charge is 2.33. The molecule has 2 aromatic heterocycles. The molecule has 6 rings (SSSR count). The van der Waals surface area contributed by atoms with Gasteiger partial charge in [-0.1, -0.05) is 48.5 Å². The third-order valence-electron chi connectivity index (χ3n) is 5.88. The Bertz CT molecular complexity index is 1430. The van der Waals surface area contributed by atoms with Crippen LogP contribution in [0.4, 0.5) is 0 Å². The van der Waals surface area contributed by atoms with Gasteiger partial charge >= 0.3 is 0 Å². The Morgan fingerprint density at radius 3 is 1.09 bits per heavy atom. The van der Waals surface area contributed by atoms with Gasteiger partial charge in [-0.15, -0.1) is 22.7 Å². The molecule has 2 aliphatic rings. The van der Waals surface area contributed by atoms with Crippen molar-refractivity contribution in [2.24, 2.45) is 0 Å². The molecule has 0 N–H and O–H groups in total. The Hall–Kier alpha value is -4.00. The van der Waals surface area contributed by atoms with E-state index in [1.807, 2.05) is 24.3 Å². The van der Waals surface area contributed by atoms with Crippen molar-refractivity contribution in [1.82, 2.24) is 0 Å². The molecule has 0 unspecified atom stereocenters. The van der Waals surface area contributed by atoms with Gasteiger partial charge in [-0.2, -0.15) is 0 Å². The van der Waals surface area contributed by atoms with E-state index in [9.17, 15) is 19.2 Å². The van der Waals surface area contributed by atoms with Crippen LogP contribution in [0.3, 0.4) is 0 Å². The third kappa shape index (κ3) is 3.19. The molecule has 162 valence electrons. The van der Waals surface area contributed by atoms with Crippen molar-refractivity contribution in [2.75, 3.05) is 0 Å². The number of benzene rings is 2. The third-order valence-corrected chi connectivity index (χ3v) is 8.14. The van der Waals surface area contributed by atoms with Crippen LogP contribution in [-0.4, -0.2) is 23.1 Å². The Morgan fingerprint density at radius 1 is 0.441 bits per heavy atom. The smallest absolute Gasteiger partial charge is 0.197 e. The molecule has 0 spiro atoms. The zero-order valence-corrected chi connectivity index (χ0v) is 19.2. The second-order valence-electron chi connectivity index (χ2n) is 7.93. The van der Waals surface area contributed by atoms with Gasteiger partial charge in [0.15, 0.2) is 23.1 Å². The quantitative estimate of drug-likeness (QED) is 0.252. The number of thiophene rings is 2. The highest BCUT2D eigenvalue weighted by atomic mass is 32.1. The predicted octanol–water partition coefficient (Wildman–Crippen LogP) is 6.40. The first-order valence-electron chi connectivity index (χ1n) is 10.5. The summed E-state index contributed by atoms with van der Waals surface area (Å²) in [7, 11) is 0. The minimum absolute atomic E-state index is 0.184. The zero-order valence-electron chi connectivity index (χ0n) is 17.5. The van der Waals surface area contributed by atoms with Gasteiger partial charge in [0.05, 0.1) is 11.1 Å². The predicted molar refractivity (Wildman–Crippen MR) is 134 cm³/mol. The van der Waals surface area contributed by atoms with Crippen LogP contribution in [0, 0.1) is 0 Å². The summed E-state index contributed by atoms with van der Waals surface area (Å²) in [6, 6.07) is 21.4. The zero-order chi connectivity index (χ0) is 23.4. The van der Waals surface area contributed by atoms with Crippen molar-refractivity contribution in [1.29, 1.82) is 0 Å². The first-order valence-corrected chi connectivity index (χ1v) is 12.1. The summed E-state index contributed by atoms with van der Waals surface area (Å²) in [5.74, 6) is -0.972. The fourth-order valence-electron chi connectivity index (χ4n) is 4.22. The second-order valence-corrected chi connectivity index (χ2v) is 10.2. The SMILES string of the molecule is O=C1C(=Cc2ccc(-c3ccc(C=C4C(=O)c5ccccc5C4=O)s3)s2)C(=O)c2ccccc21. The lowest BCUT2D eigenvalue weighted by Gasteiger charge is -1.93. The van der Waals surface area contributed by atoms with Gasteiger partial charge in [0, 0.05) is 41.8 Å². The van der Waals surface area contributed by atoms with Gasteiger partial charge in [0.2, 0.25) is 0 Å². The molecule has 4 aromatic rings. The largest absolute Gasteiger partial charge is 0.288 e. The van der Waals surface area contributed by atoms with Crippen LogP contribution in [0.5, 0.6) is 0 Å². The van der Waals surface area contributed by atoms with Crippen LogP contribution in [-0.2, 0) is 0 Å². The summed E-state index contributed by atoms with van der Waals surface area (Å²) in [4.78, 5) is 54.2. The molecular formula is C28H14O4S2. The lowest BCUT2D eigenvalue weighted by atomic mass is 10.1. The molecule has 34 heavy (non-hydrogen) atoms. The van der Waals surface area contributed by atoms with Gasteiger partial charge in [-0.05, 0) is 36.4 Å². The van der Waals surface area contributed by atoms with Crippen molar-refractivity contribution in [3.8, 4) is 9.75 Å². The molecule has 0 aliphatic heterocycles.